The molecule has 7 heteroatoms. The molecule has 1 amide bonds. The van der Waals surface area contributed by atoms with Crippen molar-refractivity contribution in [1.82, 2.24) is 5.32 Å². The summed E-state index contributed by atoms with van der Waals surface area (Å²) >= 11 is 0. The Morgan fingerprint density at radius 1 is 1.43 bits per heavy atom. The third-order valence-electron chi connectivity index (χ3n) is 2.56. The number of anilines is 1. The first-order valence-corrected chi connectivity index (χ1v) is 6.55. The van der Waals surface area contributed by atoms with Crippen LogP contribution in [0.1, 0.15) is 25.8 Å². The van der Waals surface area contributed by atoms with Crippen molar-refractivity contribution in [3.8, 4) is 5.75 Å². The fourth-order valence-corrected chi connectivity index (χ4v) is 1.63. The number of carbonyl (C=O) groups is 1. The molecule has 0 aliphatic rings. The molecule has 0 spiro atoms. The third kappa shape index (κ3) is 7.16. The Bertz CT molecular complexity index is 492. The molecular weight excluding hydrogens is 383 g/mol. The SMILES string of the molecule is CCCNC(N)=NCc1ccc(OC)c(NC(C)=O)c1.I. The van der Waals surface area contributed by atoms with Gasteiger partial charge in [0.1, 0.15) is 5.75 Å². The molecule has 1 aromatic carbocycles. The van der Waals surface area contributed by atoms with Gasteiger partial charge in [-0.3, -0.25) is 4.79 Å². The van der Waals surface area contributed by atoms with Crippen LogP contribution in [0.4, 0.5) is 5.69 Å². The number of aliphatic imine (C=N–C) groups is 1. The number of methoxy groups -OCH3 is 1. The molecule has 118 valence electrons. The second kappa shape index (κ2) is 10.3. The van der Waals surface area contributed by atoms with Crippen molar-refractivity contribution in [3.63, 3.8) is 0 Å². The number of amides is 1. The molecule has 0 aliphatic carbocycles. The van der Waals surface area contributed by atoms with E-state index in [1.54, 1.807) is 13.2 Å². The third-order valence-corrected chi connectivity index (χ3v) is 2.56. The summed E-state index contributed by atoms with van der Waals surface area (Å²) in [6.45, 7) is 4.76. The molecule has 0 bridgehead atoms. The Hall–Kier alpha value is -1.51. The summed E-state index contributed by atoms with van der Waals surface area (Å²) in [5, 5.41) is 5.73. The van der Waals surface area contributed by atoms with E-state index in [9.17, 15) is 4.79 Å². The summed E-state index contributed by atoms with van der Waals surface area (Å²) in [6.07, 6.45) is 0.992. The van der Waals surface area contributed by atoms with Gasteiger partial charge in [0, 0.05) is 13.5 Å². The molecule has 6 nitrogen and oxygen atoms in total. The van der Waals surface area contributed by atoms with Crippen LogP contribution in [-0.4, -0.2) is 25.5 Å². The van der Waals surface area contributed by atoms with Gasteiger partial charge >= 0.3 is 0 Å². The highest BCUT2D eigenvalue weighted by Gasteiger charge is 2.05. The zero-order valence-electron chi connectivity index (χ0n) is 12.6. The van der Waals surface area contributed by atoms with E-state index < -0.39 is 0 Å². The predicted octanol–water partition coefficient (Wildman–Crippen LogP) is 2.09. The standard InChI is InChI=1S/C14H22N4O2.HI/c1-4-7-16-14(15)17-9-11-5-6-13(20-3)12(8-11)18-10(2)19;/h5-6,8H,4,7,9H2,1-3H3,(H,18,19)(H3,15,16,17);1H. The van der Waals surface area contributed by atoms with Crippen LogP contribution in [0.15, 0.2) is 23.2 Å². The van der Waals surface area contributed by atoms with E-state index in [1.807, 2.05) is 12.1 Å². The number of hydrogen-bond acceptors (Lipinski definition) is 3. The maximum absolute atomic E-state index is 11.2. The number of ether oxygens (including phenoxy) is 1. The Morgan fingerprint density at radius 2 is 2.14 bits per heavy atom. The average molecular weight is 406 g/mol. The van der Waals surface area contributed by atoms with E-state index in [0.717, 1.165) is 18.5 Å². The molecular formula is C14H23IN4O2. The van der Waals surface area contributed by atoms with Gasteiger partial charge in [0.05, 0.1) is 19.3 Å². The fraction of sp³-hybridized carbons (Fsp3) is 0.429. The van der Waals surface area contributed by atoms with Crippen molar-refractivity contribution < 1.29 is 9.53 Å². The minimum absolute atomic E-state index is 0. The van der Waals surface area contributed by atoms with Gasteiger partial charge in [0.25, 0.3) is 0 Å². The molecule has 0 atom stereocenters. The second-order valence-corrected chi connectivity index (χ2v) is 4.34. The molecule has 0 aromatic heterocycles. The highest BCUT2D eigenvalue weighted by molar-refractivity contribution is 14.0. The molecule has 0 heterocycles. The van der Waals surface area contributed by atoms with Crippen LogP contribution in [0, 0.1) is 0 Å². The lowest BCUT2D eigenvalue weighted by atomic mass is 10.2. The van der Waals surface area contributed by atoms with Gasteiger partial charge in [0.15, 0.2) is 5.96 Å². The van der Waals surface area contributed by atoms with Gasteiger partial charge in [0.2, 0.25) is 5.91 Å². The zero-order valence-corrected chi connectivity index (χ0v) is 14.9. The van der Waals surface area contributed by atoms with Crippen molar-refractivity contribution >= 4 is 41.5 Å². The van der Waals surface area contributed by atoms with Crippen LogP contribution in [0.3, 0.4) is 0 Å². The number of nitrogens with one attached hydrogen (secondary N) is 2. The molecule has 1 rings (SSSR count). The second-order valence-electron chi connectivity index (χ2n) is 4.34. The van der Waals surface area contributed by atoms with Crippen LogP contribution in [0.5, 0.6) is 5.75 Å². The summed E-state index contributed by atoms with van der Waals surface area (Å²) in [5.41, 5.74) is 7.30. The van der Waals surface area contributed by atoms with E-state index in [0.29, 0.717) is 23.9 Å². The quantitative estimate of drug-likeness (QED) is 0.384. The van der Waals surface area contributed by atoms with E-state index >= 15 is 0 Å². The van der Waals surface area contributed by atoms with Crippen molar-refractivity contribution in [2.45, 2.75) is 26.8 Å². The summed E-state index contributed by atoms with van der Waals surface area (Å²) < 4.78 is 5.19. The van der Waals surface area contributed by atoms with Crippen LogP contribution >= 0.6 is 24.0 Å². The number of hydrogen-bond donors (Lipinski definition) is 3. The van der Waals surface area contributed by atoms with E-state index in [-0.39, 0.29) is 29.9 Å². The van der Waals surface area contributed by atoms with Crippen molar-refractivity contribution in [2.24, 2.45) is 10.7 Å². The van der Waals surface area contributed by atoms with Crippen LogP contribution in [0.25, 0.3) is 0 Å². The maximum atomic E-state index is 11.2. The summed E-state index contributed by atoms with van der Waals surface area (Å²) in [4.78, 5) is 15.4. The lowest BCUT2D eigenvalue weighted by molar-refractivity contribution is -0.114. The Balaban J connectivity index is 0.00000400. The molecule has 0 unspecified atom stereocenters. The Kier molecular flexibility index (Phi) is 9.51. The molecule has 0 aliphatic heterocycles. The molecule has 0 fully saturated rings. The van der Waals surface area contributed by atoms with Gasteiger partial charge in [-0.15, -0.1) is 24.0 Å². The van der Waals surface area contributed by atoms with Gasteiger partial charge in [-0.2, -0.15) is 0 Å². The number of guanidine groups is 1. The first kappa shape index (κ1) is 19.5. The summed E-state index contributed by atoms with van der Waals surface area (Å²) in [5.74, 6) is 0.891. The maximum Gasteiger partial charge on any atom is 0.221 e. The van der Waals surface area contributed by atoms with Crippen LogP contribution in [-0.2, 0) is 11.3 Å². The van der Waals surface area contributed by atoms with Gasteiger partial charge in [-0.05, 0) is 24.1 Å². The lowest BCUT2D eigenvalue weighted by Crippen LogP contribution is -2.32. The molecule has 0 saturated carbocycles. The molecule has 21 heavy (non-hydrogen) atoms. The predicted molar refractivity (Wildman–Crippen MR) is 96.3 cm³/mol. The number of nitrogens with zero attached hydrogens (tertiary/aromatic N) is 1. The van der Waals surface area contributed by atoms with Crippen molar-refractivity contribution in [1.29, 1.82) is 0 Å². The Morgan fingerprint density at radius 3 is 2.71 bits per heavy atom. The highest BCUT2D eigenvalue weighted by atomic mass is 127. The fourth-order valence-electron chi connectivity index (χ4n) is 1.63. The highest BCUT2D eigenvalue weighted by Crippen LogP contribution is 2.25. The summed E-state index contributed by atoms with van der Waals surface area (Å²) in [7, 11) is 1.56. The lowest BCUT2D eigenvalue weighted by Gasteiger charge is -2.10. The minimum atomic E-state index is -0.145. The van der Waals surface area contributed by atoms with E-state index in [4.69, 9.17) is 10.5 Å². The average Bonchev–Trinajstić information content (AvgIpc) is 2.42. The molecule has 1 aromatic rings. The topological polar surface area (TPSA) is 88.7 Å². The number of halogens is 1. The largest absolute Gasteiger partial charge is 0.495 e. The van der Waals surface area contributed by atoms with E-state index in [1.165, 1.54) is 6.92 Å². The molecule has 0 saturated heterocycles. The number of rotatable bonds is 6. The number of benzene rings is 1. The first-order valence-electron chi connectivity index (χ1n) is 6.55. The van der Waals surface area contributed by atoms with E-state index in [2.05, 4.69) is 22.5 Å². The smallest absolute Gasteiger partial charge is 0.221 e. The summed E-state index contributed by atoms with van der Waals surface area (Å²) in [6, 6.07) is 5.52. The molecule has 4 N–H and O–H groups in total. The normalized spacial score (nSPS) is 10.5. The van der Waals surface area contributed by atoms with Crippen molar-refractivity contribution in [2.75, 3.05) is 19.0 Å². The Labute approximate surface area is 142 Å². The molecule has 0 radical (unpaired) electrons. The van der Waals surface area contributed by atoms with Crippen LogP contribution in [0.2, 0.25) is 0 Å². The first-order chi connectivity index (χ1) is 9.56. The minimum Gasteiger partial charge on any atom is -0.495 e. The van der Waals surface area contributed by atoms with Gasteiger partial charge in [-0.1, -0.05) is 13.0 Å². The van der Waals surface area contributed by atoms with Gasteiger partial charge < -0.3 is 21.1 Å². The number of nitrogens with two attached hydrogens (primary N) is 1. The zero-order chi connectivity index (χ0) is 15.0. The van der Waals surface area contributed by atoms with Gasteiger partial charge in [-0.25, -0.2) is 4.99 Å². The van der Waals surface area contributed by atoms with Crippen molar-refractivity contribution in [3.05, 3.63) is 23.8 Å². The number of carbonyl (C=O) groups excluding carboxylic acids is 1. The van der Waals surface area contributed by atoms with Crippen LogP contribution < -0.4 is 21.1 Å². The monoisotopic (exact) mass is 406 g/mol.